The second-order valence-corrected chi connectivity index (χ2v) is 12.3. The minimum Gasteiger partial charge on any atom is -0.478 e. The second kappa shape index (κ2) is 14.3. The highest BCUT2D eigenvalue weighted by Crippen LogP contribution is 2.49. The summed E-state index contributed by atoms with van der Waals surface area (Å²) in [6, 6.07) is 6.38. The van der Waals surface area contributed by atoms with Crippen molar-refractivity contribution in [1.82, 2.24) is 19.7 Å². The quantitative estimate of drug-likeness (QED) is 0.255. The summed E-state index contributed by atoms with van der Waals surface area (Å²) in [5, 5.41) is 16.0. The third-order valence-corrected chi connectivity index (χ3v) is 8.81. The summed E-state index contributed by atoms with van der Waals surface area (Å²) in [4.78, 5) is 25.4. The van der Waals surface area contributed by atoms with E-state index < -0.39 is 23.1 Å². The Bertz CT molecular complexity index is 1390. The largest absolute Gasteiger partial charge is 0.478 e. The Labute approximate surface area is 264 Å². The van der Waals surface area contributed by atoms with Gasteiger partial charge in [0.15, 0.2) is 0 Å². The molecule has 2 N–H and O–H groups in total. The van der Waals surface area contributed by atoms with E-state index in [2.05, 4.69) is 28.6 Å². The summed E-state index contributed by atoms with van der Waals surface area (Å²) in [5.41, 5.74) is 0.153. The molecule has 12 heteroatoms. The van der Waals surface area contributed by atoms with Crippen LogP contribution in [0.25, 0.3) is 0 Å². The lowest BCUT2D eigenvalue weighted by molar-refractivity contribution is -0.138. The maximum absolute atomic E-state index is 14.3. The predicted octanol–water partition coefficient (Wildman–Crippen LogP) is 6.15. The number of alkyl halides is 3. The van der Waals surface area contributed by atoms with Crippen molar-refractivity contribution in [2.75, 3.05) is 51.8 Å². The molecule has 0 spiro atoms. The first-order valence-corrected chi connectivity index (χ1v) is 15.8. The van der Waals surface area contributed by atoms with Crippen molar-refractivity contribution in [3.8, 4) is 5.88 Å². The van der Waals surface area contributed by atoms with Gasteiger partial charge in [-0.2, -0.15) is 18.2 Å². The molecule has 2 aliphatic heterocycles. The highest BCUT2D eigenvalue weighted by molar-refractivity contribution is 6.10. The van der Waals surface area contributed by atoms with E-state index in [0.29, 0.717) is 31.0 Å². The van der Waals surface area contributed by atoms with E-state index in [9.17, 15) is 18.0 Å². The minimum atomic E-state index is -4.61. The van der Waals surface area contributed by atoms with Gasteiger partial charge in [0.1, 0.15) is 11.7 Å². The van der Waals surface area contributed by atoms with Crippen molar-refractivity contribution in [1.29, 1.82) is 10.8 Å². The zero-order chi connectivity index (χ0) is 32.9. The summed E-state index contributed by atoms with van der Waals surface area (Å²) in [7, 11) is 3.68. The third kappa shape index (κ3) is 7.66. The molecule has 1 saturated heterocycles. The van der Waals surface area contributed by atoms with Crippen LogP contribution in [0.4, 0.5) is 19.0 Å². The van der Waals surface area contributed by atoms with E-state index in [0.717, 1.165) is 57.3 Å². The molecular weight excluding hydrogens is 583 g/mol. The number of rotatable bonds is 9. The van der Waals surface area contributed by atoms with Crippen LogP contribution < -0.4 is 9.64 Å². The van der Waals surface area contributed by atoms with Crippen molar-refractivity contribution in [3.63, 3.8) is 0 Å². The Morgan fingerprint density at radius 3 is 2.33 bits per heavy atom. The molecule has 246 valence electrons. The highest BCUT2D eigenvalue weighted by Gasteiger charge is 2.43. The van der Waals surface area contributed by atoms with Gasteiger partial charge in [-0.1, -0.05) is 26.7 Å². The van der Waals surface area contributed by atoms with Crippen LogP contribution in [0, 0.1) is 10.8 Å². The number of aromatic nitrogens is 1. The number of nitrogens with one attached hydrogen (secondary N) is 2. The molecule has 3 aliphatic rings. The number of likely N-dealkylation sites (N-methyl/N-ethyl adjacent to an activating group) is 1. The Morgan fingerprint density at radius 2 is 1.78 bits per heavy atom. The molecule has 0 bridgehead atoms. The maximum atomic E-state index is 14.3. The Morgan fingerprint density at radius 1 is 1.11 bits per heavy atom. The number of ether oxygens (including phenoxy) is 1. The topological polar surface area (TPSA) is 99.9 Å². The number of nitrogens with zero attached hydrogens (tertiary/aromatic N) is 5. The summed E-state index contributed by atoms with van der Waals surface area (Å²) in [6.45, 7) is 9.69. The lowest BCUT2D eigenvalue weighted by atomic mass is 9.62. The van der Waals surface area contributed by atoms with Gasteiger partial charge in [0, 0.05) is 63.2 Å². The molecule has 1 amide bonds. The van der Waals surface area contributed by atoms with Crippen molar-refractivity contribution >= 4 is 23.9 Å². The predicted molar refractivity (Wildman–Crippen MR) is 171 cm³/mol. The van der Waals surface area contributed by atoms with Crippen LogP contribution in [-0.4, -0.2) is 84.6 Å². The van der Waals surface area contributed by atoms with E-state index in [1.54, 1.807) is 19.2 Å². The third-order valence-electron chi connectivity index (χ3n) is 8.81. The van der Waals surface area contributed by atoms with Crippen LogP contribution in [0.15, 0.2) is 24.3 Å². The molecule has 5 rings (SSSR count). The number of piperazine rings is 1. The van der Waals surface area contributed by atoms with E-state index >= 15 is 0 Å². The molecule has 2 fully saturated rings. The SMILES string of the molecule is CCC.CCOc1cc(C2(CC(=N)N(C)C=N)CCC2)cc(N2Cc3c(cc(CN4CCN(C)CC4)cc3C(F)(F)F)C2=O)n1. The summed E-state index contributed by atoms with van der Waals surface area (Å²) in [5.74, 6) is 0.304. The molecule has 0 atom stereocenters. The van der Waals surface area contributed by atoms with Gasteiger partial charge in [-0.25, -0.2) is 0 Å². The van der Waals surface area contributed by atoms with Crippen LogP contribution in [0.1, 0.15) is 85.5 Å². The number of hydrogen-bond donors (Lipinski definition) is 2. The van der Waals surface area contributed by atoms with E-state index in [4.69, 9.17) is 15.6 Å². The van der Waals surface area contributed by atoms with Crippen LogP contribution in [0.3, 0.4) is 0 Å². The van der Waals surface area contributed by atoms with Crippen molar-refractivity contribution < 1.29 is 22.7 Å². The zero-order valence-electron chi connectivity index (χ0n) is 27.1. The number of benzene rings is 1. The fourth-order valence-corrected chi connectivity index (χ4v) is 6.11. The first-order valence-electron chi connectivity index (χ1n) is 15.8. The lowest BCUT2D eigenvalue weighted by Crippen LogP contribution is -2.43. The first-order chi connectivity index (χ1) is 21.3. The average molecular weight is 630 g/mol. The molecule has 0 unspecified atom stereocenters. The normalized spacial score (nSPS) is 18.0. The van der Waals surface area contributed by atoms with Crippen molar-refractivity contribution in [2.45, 2.75) is 77.6 Å². The number of hydrogen-bond acceptors (Lipinski definition) is 7. The van der Waals surface area contributed by atoms with Gasteiger partial charge < -0.3 is 14.5 Å². The van der Waals surface area contributed by atoms with Crippen LogP contribution in [0.5, 0.6) is 5.88 Å². The van der Waals surface area contributed by atoms with Crippen LogP contribution >= 0.6 is 0 Å². The number of pyridine rings is 1. The van der Waals surface area contributed by atoms with E-state index in [1.807, 2.05) is 20.0 Å². The standard InChI is InChI=1S/C30H38F3N7O2.C3H8/c1-4-42-27-15-21(29(6-5-7-29)16-25(35)38(3)19-34)14-26(36-27)40-18-23-22(28(40)41)12-20(13-24(23)30(31,32)33)17-39-10-8-37(2)9-11-39;1-3-2/h12-15,19,34-35H,4-11,16-18H2,1-3H3;3H2,1-2H3. The number of carbonyl (C=O) groups excluding carboxylic acids is 1. The number of fused-ring (bicyclic) bond motifs is 1. The van der Waals surface area contributed by atoms with E-state index in [1.165, 1.54) is 22.3 Å². The maximum Gasteiger partial charge on any atom is 0.416 e. The van der Waals surface area contributed by atoms with E-state index in [-0.39, 0.29) is 29.3 Å². The Kier molecular flexibility index (Phi) is 10.9. The van der Waals surface area contributed by atoms with Crippen LogP contribution in [-0.2, 0) is 24.7 Å². The zero-order valence-corrected chi connectivity index (χ0v) is 27.1. The molecule has 1 aromatic carbocycles. The fourth-order valence-electron chi connectivity index (χ4n) is 6.11. The molecule has 2 aromatic rings. The van der Waals surface area contributed by atoms with Gasteiger partial charge in [0.2, 0.25) is 5.88 Å². The summed E-state index contributed by atoms with van der Waals surface area (Å²) >= 11 is 0. The average Bonchev–Trinajstić information content (AvgIpc) is 3.31. The second-order valence-electron chi connectivity index (χ2n) is 12.3. The van der Waals surface area contributed by atoms with Gasteiger partial charge in [-0.15, -0.1) is 0 Å². The van der Waals surface area contributed by atoms with Crippen molar-refractivity contribution in [2.24, 2.45) is 0 Å². The van der Waals surface area contributed by atoms with Crippen LogP contribution in [0.2, 0.25) is 0 Å². The minimum absolute atomic E-state index is 0.0347. The first kappa shape index (κ1) is 34.4. The highest BCUT2D eigenvalue weighted by atomic mass is 19.4. The number of halogens is 3. The molecule has 1 aliphatic carbocycles. The molecule has 1 aromatic heterocycles. The van der Waals surface area contributed by atoms with Crippen molar-refractivity contribution in [3.05, 3.63) is 52.1 Å². The molecule has 1 saturated carbocycles. The van der Waals surface area contributed by atoms with Gasteiger partial charge in [-0.05, 0) is 61.7 Å². The Balaban J connectivity index is 0.00000148. The molecule has 3 heterocycles. The molecular formula is C33H46F3N7O2. The van der Waals surface area contributed by atoms with Gasteiger partial charge >= 0.3 is 6.18 Å². The summed E-state index contributed by atoms with van der Waals surface area (Å²) in [6.07, 6.45) is 0.685. The number of carbonyl (C=O) groups is 1. The molecule has 9 nitrogen and oxygen atoms in total. The number of amidine groups is 1. The monoisotopic (exact) mass is 629 g/mol. The van der Waals surface area contributed by atoms with Gasteiger partial charge in [-0.3, -0.25) is 25.4 Å². The fraction of sp³-hybridized carbons (Fsp3) is 0.576. The Hall–Kier alpha value is -3.51. The van der Waals surface area contributed by atoms with Gasteiger partial charge in [0.05, 0.1) is 25.1 Å². The molecule has 45 heavy (non-hydrogen) atoms. The number of amides is 1. The summed E-state index contributed by atoms with van der Waals surface area (Å²) < 4.78 is 48.8. The smallest absolute Gasteiger partial charge is 0.416 e. The molecule has 0 radical (unpaired) electrons. The number of anilines is 1. The lowest BCUT2D eigenvalue weighted by Gasteiger charge is -2.43. The van der Waals surface area contributed by atoms with Gasteiger partial charge in [0.25, 0.3) is 5.91 Å².